The van der Waals surface area contributed by atoms with E-state index >= 15 is 0 Å². The van der Waals surface area contributed by atoms with Crippen LogP contribution in [0.25, 0.3) is 10.8 Å². The second kappa shape index (κ2) is 6.41. The van der Waals surface area contributed by atoms with E-state index in [0.29, 0.717) is 5.56 Å². The summed E-state index contributed by atoms with van der Waals surface area (Å²) in [5, 5.41) is 2.39. The number of rotatable bonds is 4. The SMILES string of the molecule is C[C@H](NNC(=O)c1ccccc1)c1cccc2ccccc12. The van der Waals surface area contributed by atoms with E-state index in [9.17, 15) is 4.79 Å². The fourth-order valence-corrected chi connectivity index (χ4v) is 2.54. The van der Waals surface area contributed by atoms with Crippen LogP contribution in [0.1, 0.15) is 28.9 Å². The molecule has 0 aromatic heterocycles. The fraction of sp³-hybridized carbons (Fsp3) is 0.105. The zero-order chi connectivity index (χ0) is 15.4. The lowest BCUT2D eigenvalue weighted by molar-refractivity contribution is 0.0926. The van der Waals surface area contributed by atoms with Gasteiger partial charge in [-0.2, -0.15) is 0 Å². The molecule has 3 aromatic carbocycles. The normalized spacial score (nSPS) is 12.0. The smallest absolute Gasteiger partial charge is 0.265 e. The summed E-state index contributed by atoms with van der Waals surface area (Å²) in [6.07, 6.45) is 0. The first-order chi connectivity index (χ1) is 10.8. The molecular formula is C19H18N2O. The lowest BCUT2D eigenvalue weighted by Gasteiger charge is -2.17. The number of nitrogens with one attached hydrogen (secondary N) is 2. The van der Waals surface area contributed by atoms with Gasteiger partial charge in [-0.15, -0.1) is 0 Å². The molecule has 0 aliphatic rings. The highest BCUT2D eigenvalue weighted by Crippen LogP contribution is 2.23. The molecule has 110 valence electrons. The van der Waals surface area contributed by atoms with E-state index in [1.165, 1.54) is 10.8 Å². The third kappa shape index (κ3) is 3.00. The van der Waals surface area contributed by atoms with Crippen LogP contribution in [0.3, 0.4) is 0 Å². The third-order valence-corrected chi connectivity index (χ3v) is 3.73. The van der Waals surface area contributed by atoms with Gasteiger partial charge in [0.2, 0.25) is 0 Å². The van der Waals surface area contributed by atoms with Gasteiger partial charge in [0.05, 0.1) is 0 Å². The zero-order valence-electron chi connectivity index (χ0n) is 12.4. The van der Waals surface area contributed by atoms with Crippen molar-refractivity contribution in [2.24, 2.45) is 0 Å². The highest BCUT2D eigenvalue weighted by molar-refractivity contribution is 5.93. The first-order valence-electron chi connectivity index (χ1n) is 7.34. The Hall–Kier alpha value is -2.65. The van der Waals surface area contributed by atoms with Crippen LogP contribution in [0.15, 0.2) is 72.8 Å². The largest absolute Gasteiger partial charge is 0.287 e. The van der Waals surface area contributed by atoms with Crippen LogP contribution >= 0.6 is 0 Å². The lowest BCUT2D eigenvalue weighted by atomic mass is 10.0. The molecule has 3 rings (SSSR count). The average Bonchev–Trinajstić information content (AvgIpc) is 2.59. The van der Waals surface area contributed by atoms with Crippen LogP contribution in [-0.2, 0) is 0 Å². The molecule has 3 aromatic rings. The Kier molecular flexibility index (Phi) is 4.17. The van der Waals surface area contributed by atoms with Crippen molar-refractivity contribution in [2.45, 2.75) is 13.0 Å². The molecule has 2 N–H and O–H groups in total. The lowest BCUT2D eigenvalue weighted by Crippen LogP contribution is -2.39. The molecule has 0 bridgehead atoms. The molecule has 3 nitrogen and oxygen atoms in total. The number of hydrogen-bond donors (Lipinski definition) is 2. The van der Waals surface area contributed by atoms with Gasteiger partial charge in [0.1, 0.15) is 0 Å². The van der Waals surface area contributed by atoms with Crippen LogP contribution in [0, 0.1) is 0 Å². The molecule has 0 saturated carbocycles. The summed E-state index contributed by atoms with van der Waals surface area (Å²) in [4.78, 5) is 12.1. The van der Waals surface area contributed by atoms with Crippen molar-refractivity contribution >= 4 is 16.7 Å². The Balaban J connectivity index is 1.74. The van der Waals surface area contributed by atoms with Gasteiger partial charge in [0, 0.05) is 11.6 Å². The van der Waals surface area contributed by atoms with Crippen molar-refractivity contribution in [2.75, 3.05) is 0 Å². The van der Waals surface area contributed by atoms with Gasteiger partial charge in [-0.3, -0.25) is 10.2 Å². The number of benzene rings is 3. The zero-order valence-corrected chi connectivity index (χ0v) is 12.4. The van der Waals surface area contributed by atoms with Crippen molar-refractivity contribution < 1.29 is 4.79 Å². The molecule has 0 aliphatic heterocycles. The van der Waals surface area contributed by atoms with Crippen LogP contribution in [0.2, 0.25) is 0 Å². The van der Waals surface area contributed by atoms with E-state index in [2.05, 4.69) is 35.1 Å². The predicted octanol–water partition coefficient (Wildman–Crippen LogP) is 3.84. The van der Waals surface area contributed by atoms with Gasteiger partial charge >= 0.3 is 0 Å². The van der Waals surface area contributed by atoms with Gasteiger partial charge in [-0.1, -0.05) is 60.7 Å². The Morgan fingerprint density at radius 1 is 0.864 bits per heavy atom. The van der Waals surface area contributed by atoms with Crippen molar-refractivity contribution in [3.8, 4) is 0 Å². The first-order valence-corrected chi connectivity index (χ1v) is 7.34. The van der Waals surface area contributed by atoms with Gasteiger partial charge in [-0.05, 0) is 35.4 Å². The highest BCUT2D eigenvalue weighted by Gasteiger charge is 2.10. The molecule has 1 atom stereocenters. The van der Waals surface area contributed by atoms with Crippen molar-refractivity contribution in [3.05, 3.63) is 83.9 Å². The van der Waals surface area contributed by atoms with Crippen LogP contribution in [0.4, 0.5) is 0 Å². The maximum Gasteiger partial charge on any atom is 0.265 e. The van der Waals surface area contributed by atoms with E-state index in [0.717, 1.165) is 5.56 Å². The molecule has 3 heteroatoms. The fourth-order valence-electron chi connectivity index (χ4n) is 2.54. The highest BCUT2D eigenvalue weighted by atomic mass is 16.2. The van der Waals surface area contributed by atoms with Crippen molar-refractivity contribution in [1.29, 1.82) is 0 Å². The molecule has 1 amide bonds. The number of carbonyl (C=O) groups is 1. The maximum atomic E-state index is 12.1. The summed E-state index contributed by atoms with van der Waals surface area (Å²) in [6.45, 7) is 2.03. The molecule has 0 saturated heterocycles. The number of hydrogen-bond acceptors (Lipinski definition) is 2. The van der Waals surface area contributed by atoms with Crippen molar-refractivity contribution in [3.63, 3.8) is 0 Å². The topological polar surface area (TPSA) is 41.1 Å². The summed E-state index contributed by atoms with van der Waals surface area (Å²) in [6, 6.07) is 23.6. The van der Waals surface area contributed by atoms with Gasteiger partial charge in [0.15, 0.2) is 0 Å². The second-order valence-electron chi connectivity index (χ2n) is 5.25. The Morgan fingerprint density at radius 3 is 2.36 bits per heavy atom. The molecule has 22 heavy (non-hydrogen) atoms. The van der Waals surface area contributed by atoms with Gasteiger partial charge < -0.3 is 0 Å². The standard InChI is InChI=1S/C19H18N2O/c1-14(20-21-19(22)16-9-3-2-4-10-16)17-13-7-11-15-8-5-6-12-18(15)17/h2-14,20H,1H3,(H,21,22)/t14-/m0/s1. The van der Waals surface area contributed by atoms with Crippen LogP contribution < -0.4 is 10.9 Å². The summed E-state index contributed by atoms with van der Waals surface area (Å²) in [5.41, 5.74) is 7.66. The maximum absolute atomic E-state index is 12.1. The quantitative estimate of drug-likeness (QED) is 0.717. The minimum Gasteiger partial charge on any atom is -0.287 e. The molecule has 0 aliphatic carbocycles. The minimum absolute atomic E-state index is 0.0127. The van der Waals surface area contributed by atoms with Crippen LogP contribution in [0.5, 0.6) is 0 Å². The molecular weight excluding hydrogens is 272 g/mol. The van der Waals surface area contributed by atoms with E-state index < -0.39 is 0 Å². The Morgan fingerprint density at radius 2 is 1.55 bits per heavy atom. The predicted molar refractivity (Wildman–Crippen MR) is 89.4 cm³/mol. The van der Waals surface area contributed by atoms with E-state index in [-0.39, 0.29) is 11.9 Å². The monoisotopic (exact) mass is 290 g/mol. The minimum atomic E-state index is -0.132. The van der Waals surface area contributed by atoms with Gasteiger partial charge in [0.25, 0.3) is 5.91 Å². The number of hydrazine groups is 1. The number of carbonyl (C=O) groups excluding carboxylic acids is 1. The summed E-state index contributed by atoms with van der Waals surface area (Å²) in [7, 11) is 0. The summed E-state index contributed by atoms with van der Waals surface area (Å²) < 4.78 is 0. The van der Waals surface area contributed by atoms with Crippen LogP contribution in [-0.4, -0.2) is 5.91 Å². The Labute approximate surface area is 129 Å². The van der Waals surface area contributed by atoms with Crippen molar-refractivity contribution in [1.82, 2.24) is 10.9 Å². The van der Waals surface area contributed by atoms with Gasteiger partial charge in [-0.25, -0.2) is 5.43 Å². The van der Waals surface area contributed by atoms with E-state index in [4.69, 9.17) is 0 Å². The average molecular weight is 290 g/mol. The number of amides is 1. The molecule has 0 radical (unpaired) electrons. The summed E-state index contributed by atoms with van der Waals surface area (Å²) in [5.74, 6) is -0.132. The Bertz CT molecular complexity index is 778. The van der Waals surface area contributed by atoms with E-state index in [1.54, 1.807) is 12.1 Å². The second-order valence-corrected chi connectivity index (χ2v) is 5.25. The first kappa shape index (κ1) is 14.3. The number of fused-ring (bicyclic) bond motifs is 1. The van der Waals surface area contributed by atoms with E-state index in [1.807, 2.05) is 43.3 Å². The molecule has 0 heterocycles. The molecule has 0 fully saturated rings. The molecule has 0 unspecified atom stereocenters. The third-order valence-electron chi connectivity index (χ3n) is 3.73. The summed E-state index contributed by atoms with van der Waals surface area (Å²) >= 11 is 0. The molecule has 0 spiro atoms.